The molecule has 2 aromatic rings. The van der Waals surface area contributed by atoms with Gasteiger partial charge in [-0.15, -0.1) is 0 Å². The summed E-state index contributed by atoms with van der Waals surface area (Å²) in [6.07, 6.45) is 4.36. The first kappa shape index (κ1) is 10.8. The van der Waals surface area contributed by atoms with Crippen LogP contribution >= 0.6 is 0 Å². The van der Waals surface area contributed by atoms with Gasteiger partial charge >= 0.3 is 0 Å². The number of hydrogen-bond acceptors (Lipinski definition) is 4. The second kappa shape index (κ2) is 3.83. The molecular formula is C12H12N4O2. The minimum Gasteiger partial charge on any atom is -0.382 e. The van der Waals surface area contributed by atoms with Gasteiger partial charge in [0.2, 0.25) is 11.8 Å². The van der Waals surface area contributed by atoms with Crippen molar-refractivity contribution in [3.8, 4) is 0 Å². The maximum Gasteiger partial charge on any atom is 0.234 e. The number of anilines is 1. The summed E-state index contributed by atoms with van der Waals surface area (Å²) in [7, 11) is 0. The second-order valence-corrected chi connectivity index (χ2v) is 4.39. The highest BCUT2D eigenvalue weighted by Crippen LogP contribution is 2.25. The zero-order chi connectivity index (χ0) is 12.7. The van der Waals surface area contributed by atoms with E-state index in [1.807, 2.05) is 18.3 Å². The van der Waals surface area contributed by atoms with Crippen LogP contribution in [0.3, 0.4) is 0 Å². The summed E-state index contributed by atoms with van der Waals surface area (Å²) in [5, 5.41) is 2.35. The Morgan fingerprint density at radius 2 is 2.22 bits per heavy atom. The van der Waals surface area contributed by atoms with Gasteiger partial charge in [0.1, 0.15) is 12.1 Å². The van der Waals surface area contributed by atoms with Gasteiger partial charge in [-0.05, 0) is 18.1 Å². The van der Waals surface area contributed by atoms with E-state index in [1.165, 1.54) is 0 Å². The van der Waals surface area contributed by atoms with Crippen molar-refractivity contribution < 1.29 is 9.59 Å². The van der Waals surface area contributed by atoms with Crippen molar-refractivity contribution >= 4 is 23.1 Å². The highest BCUT2D eigenvalue weighted by Gasteiger charge is 2.28. The fourth-order valence-corrected chi connectivity index (χ4v) is 2.26. The molecule has 1 unspecified atom stereocenters. The Balaban J connectivity index is 1.99. The number of fused-ring (bicyclic) bond motifs is 1. The SMILES string of the molecule is Nc1ncn2cc(C3CCC(=O)NC3=O)ccc12. The van der Waals surface area contributed by atoms with Crippen molar-refractivity contribution in [2.45, 2.75) is 18.8 Å². The van der Waals surface area contributed by atoms with Crippen molar-refractivity contribution in [3.05, 3.63) is 30.2 Å². The monoisotopic (exact) mass is 244 g/mol. The van der Waals surface area contributed by atoms with E-state index >= 15 is 0 Å². The number of nitrogens with one attached hydrogen (secondary N) is 1. The van der Waals surface area contributed by atoms with Crippen LogP contribution in [0.25, 0.3) is 5.52 Å². The average Bonchev–Trinajstić information content (AvgIpc) is 2.71. The number of rotatable bonds is 1. The third kappa shape index (κ3) is 1.62. The Morgan fingerprint density at radius 1 is 1.39 bits per heavy atom. The maximum atomic E-state index is 11.8. The van der Waals surface area contributed by atoms with Gasteiger partial charge in [-0.3, -0.25) is 14.9 Å². The first-order valence-corrected chi connectivity index (χ1v) is 5.71. The van der Waals surface area contributed by atoms with E-state index in [9.17, 15) is 9.59 Å². The van der Waals surface area contributed by atoms with Crippen molar-refractivity contribution in [1.29, 1.82) is 0 Å². The Hall–Kier alpha value is -2.37. The molecule has 1 atom stereocenters. The predicted molar refractivity (Wildman–Crippen MR) is 64.7 cm³/mol. The predicted octanol–water partition coefficient (Wildman–Crippen LogP) is 0.437. The summed E-state index contributed by atoms with van der Waals surface area (Å²) >= 11 is 0. The summed E-state index contributed by atoms with van der Waals surface area (Å²) in [6, 6.07) is 3.69. The molecule has 2 amide bonds. The lowest BCUT2D eigenvalue weighted by atomic mass is 9.91. The zero-order valence-corrected chi connectivity index (χ0v) is 9.59. The molecule has 0 aliphatic carbocycles. The van der Waals surface area contributed by atoms with Crippen LogP contribution in [0.2, 0.25) is 0 Å². The van der Waals surface area contributed by atoms with E-state index in [4.69, 9.17) is 5.73 Å². The van der Waals surface area contributed by atoms with Crippen LogP contribution in [0.4, 0.5) is 5.82 Å². The molecule has 0 bridgehead atoms. The van der Waals surface area contributed by atoms with E-state index in [1.54, 1.807) is 10.7 Å². The molecule has 6 heteroatoms. The van der Waals surface area contributed by atoms with Crippen LogP contribution in [-0.4, -0.2) is 21.2 Å². The number of hydrogen-bond donors (Lipinski definition) is 2. The van der Waals surface area contributed by atoms with E-state index in [-0.39, 0.29) is 17.7 Å². The molecule has 1 aliphatic rings. The van der Waals surface area contributed by atoms with Gasteiger partial charge in [0.15, 0.2) is 0 Å². The Morgan fingerprint density at radius 3 is 3.00 bits per heavy atom. The standard InChI is InChI=1S/C12H12N4O2/c13-11-9-3-1-7(5-16(9)6-14-11)8-2-4-10(17)15-12(8)18/h1,3,5-6,8H,2,4,13H2,(H,15,17,18). The number of nitrogens with two attached hydrogens (primary N) is 1. The fourth-order valence-electron chi connectivity index (χ4n) is 2.26. The number of carbonyl (C=O) groups is 2. The van der Waals surface area contributed by atoms with E-state index in [0.29, 0.717) is 18.7 Å². The zero-order valence-electron chi connectivity index (χ0n) is 9.59. The van der Waals surface area contributed by atoms with Crippen LogP contribution in [0.5, 0.6) is 0 Å². The number of nitrogen functional groups attached to an aromatic ring is 1. The highest BCUT2D eigenvalue weighted by atomic mass is 16.2. The lowest BCUT2D eigenvalue weighted by molar-refractivity contribution is -0.134. The van der Waals surface area contributed by atoms with Crippen LogP contribution in [0.15, 0.2) is 24.7 Å². The molecule has 0 radical (unpaired) electrons. The van der Waals surface area contributed by atoms with E-state index in [2.05, 4.69) is 10.3 Å². The van der Waals surface area contributed by atoms with Crippen molar-refractivity contribution in [2.24, 2.45) is 0 Å². The third-order valence-electron chi connectivity index (χ3n) is 3.23. The minimum atomic E-state index is -0.282. The molecule has 18 heavy (non-hydrogen) atoms. The Labute approximate surface area is 103 Å². The molecule has 6 nitrogen and oxygen atoms in total. The molecule has 1 aliphatic heterocycles. The molecule has 1 saturated heterocycles. The summed E-state index contributed by atoms with van der Waals surface area (Å²) in [5.74, 6) is -0.261. The molecule has 3 rings (SSSR count). The summed E-state index contributed by atoms with van der Waals surface area (Å²) in [6.45, 7) is 0. The Bertz CT molecular complexity index is 647. The lowest BCUT2D eigenvalue weighted by Gasteiger charge is -2.21. The molecule has 0 spiro atoms. The number of carbonyl (C=O) groups excluding carboxylic acids is 2. The average molecular weight is 244 g/mol. The van der Waals surface area contributed by atoms with Crippen LogP contribution in [0.1, 0.15) is 24.3 Å². The third-order valence-corrected chi connectivity index (χ3v) is 3.23. The van der Waals surface area contributed by atoms with E-state index < -0.39 is 0 Å². The van der Waals surface area contributed by atoms with Gasteiger partial charge in [-0.25, -0.2) is 4.98 Å². The van der Waals surface area contributed by atoms with Crippen molar-refractivity contribution in [1.82, 2.24) is 14.7 Å². The second-order valence-electron chi connectivity index (χ2n) is 4.39. The summed E-state index contributed by atoms with van der Waals surface area (Å²) in [5.41, 5.74) is 7.37. The van der Waals surface area contributed by atoms with Gasteiger partial charge in [0, 0.05) is 12.6 Å². The highest BCUT2D eigenvalue weighted by molar-refractivity contribution is 6.00. The smallest absolute Gasteiger partial charge is 0.234 e. The number of imide groups is 1. The molecule has 0 saturated carbocycles. The molecule has 3 heterocycles. The first-order valence-electron chi connectivity index (χ1n) is 5.71. The molecule has 1 fully saturated rings. The van der Waals surface area contributed by atoms with Gasteiger partial charge in [0.05, 0.1) is 11.4 Å². The van der Waals surface area contributed by atoms with Crippen LogP contribution in [-0.2, 0) is 9.59 Å². The largest absolute Gasteiger partial charge is 0.382 e. The molecular weight excluding hydrogens is 232 g/mol. The number of pyridine rings is 1. The molecule has 3 N–H and O–H groups in total. The quantitative estimate of drug-likeness (QED) is 0.712. The van der Waals surface area contributed by atoms with Gasteiger partial charge in [0.25, 0.3) is 0 Å². The van der Waals surface area contributed by atoms with Gasteiger partial charge < -0.3 is 10.1 Å². The van der Waals surface area contributed by atoms with Crippen molar-refractivity contribution in [2.75, 3.05) is 5.73 Å². The Kier molecular flexibility index (Phi) is 2.29. The number of amides is 2. The van der Waals surface area contributed by atoms with E-state index in [0.717, 1.165) is 11.1 Å². The number of nitrogens with zero attached hydrogens (tertiary/aromatic N) is 2. The lowest BCUT2D eigenvalue weighted by Crippen LogP contribution is -2.39. The minimum absolute atomic E-state index is 0.204. The first-order chi connectivity index (χ1) is 8.65. The summed E-state index contributed by atoms with van der Waals surface area (Å²) in [4.78, 5) is 26.9. The fraction of sp³-hybridized carbons (Fsp3) is 0.250. The molecule has 0 aromatic carbocycles. The molecule has 2 aromatic heterocycles. The van der Waals surface area contributed by atoms with Crippen LogP contribution in [0, 0.1) is 0 Å². The van der Waals surface area contributed by atoms with Crippen LogP contribution < -0.4 is 11.1 Å². The summed E-state index contributed by atoms with van der Waals surface area (Å²) < 4.78 is 1.79. The normalized spacial score (nSPS) is 20.1. The number of aromatic nitrogens is 2. The van der Waals surface area contributed by atoms with Gasteiger partial charge in [-0.1, -0.05) is 6.07 Å². The topological polar surface area (TPSA) is 89.5 Å². The number of imidazole rings is 1. The maximum absolute atomic E-state index is 11.8. The van der Waals surface area contributed by atoms with Gasteiger partial charge in [-0.2, -0.15) is 0 Å². The molecule has 92 valence electrons. The number of piperidine rings is 1. The van der Waals surface area contributed by atoms with Crippen molar-refractivity contribution in [3.63, 3.8) is 0 Å².